The third-order valence-electron chi connectivity index (χ3n) is 4.84. The van der Waals surface area contributed by atoms with Crippen LogP contribution in [0.15, 0.2) is 60.8 Å². The lowest BCUT2D eigenvalue weighted by atomic mass is 10.1. The number of rotatable bonds is 8. The number of hydrogen-bond donors (Lipinski definition) is 4. The first-order chi connectivity index (χ1) is 16.1. The summed E-state index contributed by atoms with van der Waals surface area (Å²) in [6.45, 7) is 2.58. The standard InChI is InChI=1S/C24H23N5O3S/c1-2-25-21-18(22(31)26-12-13-30)9-10-19(29-21)15-5-7-17(8-6-15)28-23(32)20-14-16-4-3-11-27-24(16)33-20/h3-11,14,30H,2,12-13H2,1H3,(H,25,29)(H,26,31)(H,28,32). The lowest BCUT2D eigenvalue weighted by Gasteiger charge is -2.12. The van der Waals surface area contributed by atoms with E-state index < -0.39 is 0 Å². The summed E-state index contributed by atoms with van der Waals surface area (Å²) in [5.74, 6) is -0.00806. The molecule has 4 aromatic rings. The van der Waals surface area contributed by atoms with Gasteiger partial charge >= 0.3 is 0 Å². The Morgan fingerprint density at radius 2 is 1.88 bits per heavy atom. The first kappa shape index (κ1) is 22.4. The quantitative estimate of drug-likeness (QED) is 0.317. The highest BCUT2D eigenvalue weighted by atomic mass is 32.1. The van der Waals surface area contributed by atoms with Gasteiger partial charge < -0.3 is 21.1 Å². The van der Waals surface area contributed by atoms with Crippen LogP contribution in [0, 0.1) is 0 Å². The second kappa shape index (κ2) is 10.2. The number of amides is 2. The van der Waals surface area contributed by atoms with E-state index in [-0.39, 0.29) is 25.0 Å². The molecule has 0 atom stereocenters. The topological polar surface area (TPSA) is 116 Å². The van der Waals surface area contributed by atoms with Crippen LogP contribution in [0.2, 0.25) is 0 Å². The van der Waals surface area contributed by atoms with Gasteiger partial charge in [-0.05, 0) is 43.3 Å². The molecule has 4 rings (SSSR count). The van der Waals surface area contributed by atoms with Crippen LogP contribution in [0.4, 0.5) is 11.5 Å². The number of aromatic nitrogens is 2. The lowest BCUT2D eigenvalue weighted by molar-refractivity contribution is 0.0944. The molecule has 0 bridgehead atoms. The van der Waals surface area contributed by atoms with Gasteiger partial charge in [0.15, 0.2) is 0 Å². The summed E-state index contributed by atoms with van der Waals surface area (Å²) in [5.41, 5.74) is 2.62. The summed E-state index contributed by atoms with van der Waals surface area (Å²) in [6.07, 6.45) is 1.71. The van der Waals surface area contributed by atoms with E-state index in [2.05, 4.69) is 25.9 Å². The van der Waals surface area contributed by atoms with Crippen molar-refractivity contribution >= 4 is 44.9 Å². The fraction of sp³-hybridized carbons (Fsp3) is 0.167. The number of aliphatic hydroxyl groups is 1. The van der Waals surface area contributed by atoms with Crippen molar-refractivity contribution < 1.29 is 14.7 Å². The summed E-state index contributed by atoms with van der Waals surface area (Å²) in [6, 6.07) is 16.5. The second-order valence-electron chi connectivity index (χ2n) is 7.14. The third kappa shape index (κ3) is 5.16. The average molecular weight is 462 g/mol. The van der Waals surface area contributed by atoms with Crippen molar-refractivity contribution in [3.63, 3.8) is 0 Å². The van der Waals surface area contributed by atoms with E-state index in [4.69, 9.17) is 5.11 Å². The number of benzene rings is 1. The summed E-state index contributed by atoms with van der Waals surface area (Å²) in [5, 5.41) is 18.5. The molecule has 0 radical (unpaired) electrons. The zero-order valence-electron chi connectivity index (χ0n) is 18.0. The molecule has 0 aliphatic heterocycles. The molecule has 0 saturated carbocycles. The van der Waals surface area contributed by atoms with Crippen molar-refractivity contribution in [3.8, 4) is 11.3 Å². The van der Waals surface area contributed by atoms with E-state index in [1.54, 1.807) is 18.3 Å². The molecule has 0 aliphatic rings. The van der Waals surface area contributed by atoms with Gasteiger partial charge in [-0.1, -0.05) is 18.2 Å². The number of pyridine rings is 2. The minimum Gasteiger partial charge on any atom is -0.395 e. The maximum absolute atomic E-state index is 12.6. The molecule has 0 unspecified atom stereocenters. The predicted molar refractivity (Wildman–Crippen MR) is 131 cm³/mol. The molecule has 33 heavy (non-hydrogen) atoms. The zero-order chi connectivity index (χ0) is 23.2. The number of thiophene rings is 1. The van der Waals surface area contributed by atoms with Crippen LogP contribution in [0.1, 0.15) is 27.0 Å². The van der Waals surface area contributed by atoms with Crippen LogP contribution in [0.5, 0.6) is 0 Å². The van der Waals surface area contributed by atoms with E-state index in [9.17, 15) is 9.59 Å². The Morgan fingerprint density at radius 3 is 2.61 bits per heavy atom. The number of anilines is 2. The molecule has 3 aromatic heterocycles. The Balaban J connectivity index is 1.50. The minimum atomic E-state index is -0.298. The Kier molecular flexibility index (Phi) is 6.92. The molecular weight excluding hydrogens is 438 g/mol. The van der Waals surface area contributed by atoms with Crippen molar-refractivity contribution in [1.82, 2.24) is 15.3 Å². The second-order valence-corrected chi connectivity index (χ2v) is 8.17. The van der Waals surface area contributed by atoms with Crippen molar-refractivity contribution in [3.05, 3.63) is 71.2 Å². The zero-order valence-corrected chi connectivity index (χ0v) is 18.8. The van der Waals surface area contributed by atoms with E-state index in [1.165, 1.54) is 11.3 Å². The first-order valence-electron chi connectivity index (χ1n) is 10.5. The van der Waals surface area contributed by atoms with Gasteiger partial charge in [-0.3, -0.25) is 9.59 Å². The van der Waals surface area contributed by atoms with Crippen molar-refractivity contribution in [2.75, 3.05) is 30.3 Å². The number of fused-ring (bicyclic) bond motifs is 1. The van der Waals surface area contributed by atoms with E-state index >= 15 is 0 Å². The Morgan fingerprint density at radius 1 is 1.06 bits per heavy atom. The molecule has 168 valence electrons. The van der Waals surface area contributed by atoms with Crippen LogP contribution < -0.4 is 16.0 Å². The number of hydrogen-bond acceptors (Lipinski definition) is 7. The number of aliphatic hydroxyl groups excluding tert-OH is 1. The highest BCUT2D eigenvalue weighted by Crippen LogP contribution is 2.26. The third-order valence-corrected chi connectivity index (χ3v) is 5.90. The number of carbonyl (C=O) groups is 2. The van der Waals surface area contributed by atoms with Crippen LogP contribution >= 0.6 is 11.3 Å². The monoisotopic (exact) mass is 461 g/mol. The minimum absolute atomic E-state index is 0.128. The van der Waals surface area contributed by atoms with Crippen molar-refractivity contribution in [2.45, 2.75) is 6.92 Å². The largest absolute Gasteiger partial charge is 0.395 e. The fourth-order valence-electron chi connectivity index (χ4n) is 3.27. The molecule has 8 nitrogen and oxygen atoms in total. The molecule has 0 saturated heterocycles. The van der Waals surface area contributed by atoms with E-state index in [0.29, 0.717) is 34.2 Å². The molecule has 4 N–H and O–H groups in total. The van der Waals surface area contributed by atoms with Crippen LogP contribution in [-0.4, -0.2) is 46.6 Å². The van der Waals surface area contributed by atoms with Gasteiger partial charge in [0.05, 0.1) is 22.7 Å². The van der Waals surface area contributed by atoms with E-state index in [1.807, 2.05) is 49.4 Å². The van der Waals surface area contributed by atoms with Crippen LogP contribution in [0.25, 0.3) is 21.5 Å². The van der Waals surface area contributed by atoms with Gasteiger partial charge in [-0.2, -0.15) is 0 Å². The van der Waals surface area contributed by atoms with Gasteiger partial charge in [-0.25, -0.2) is 9.97 Å². The maximum atomic E-state index is 12.6. The predicted octanol–water partition coefficient (Wildman–Crippen LogP) is 3.76. The number of nitrogens with zero attached hydrogens (tertiary/aromatic N) is 2. The SMILES string of the molecule is CCNc1nc(-c2ccc(NC(=O)c3cc4cccnc4s3)cc2)ccc1C(=O)NCCO. The van der Waals surface area contributed by atoms with Crippen molar-refractivity contribution in [1.29, 1.82) is 0 Å². The summed E-state index contributed by atoms with van der Waals surface area (Å²) >= 11 is 1.35. The Hall–Kier alpha value is -3.82. The summed E-state index contributed by atoms with van der Waals surface area (Å²) in [4.78, 5) is 35.3. The summed E-state index contributed by atoms with van der Waals surface area (Å²) < 4.78 is 0. The molecule has 2 amide bonds. The highest BCUT2D eigenvalue weighted by Gasteiger charge is 2.14. The Labute approximate surface area is 194 Å². The molecular formula is C24H23N5O3S. The molecule has 0 fully saturated rings. The lowest BCUT2D eigenvalue weighted by Crippen LogP contribution is -2.27. The molecule has 3 heterocycles. The fourth-order valence-corrected chi connectivity index (χ4v) is 4.17. The normalized spacial score (nSPS) is 10.7. The van der Waals surface area contributed by atoms with Gasteiger partial charge in [-0.15, -0.1) is 11.3 Å². The van der Waals surface area contributed by atoms with Gasteiger partial charge in [0.25, 0.3) is 11.8 Å². The first-order valence-corrected chi connectivity index (χ1v) is 11.3. The van der Waals surface area contributed by atoms with E-state index in [0.717, 1.165) is 15.8 Å². The highest BCUT2D eigenvalue weighted by molar-refractivity contribution is 7.20. The van der Waals surface area contributed by atoms with Gasteiger partial charge in [0.1, 0.15) is 10.6 Å². The Bertz CT molecular complexity index is 1250. The van der Waals surface area contributed by atoms with Crippen LogP contribution in [0.3, 0.4) is 0 Å². The van der Waals surface area contributed by atoms with Gasteiger partial charge in [0, 0.05) is 35.9 Å². The van der Waals surface area contributed by atoms with Crippen molar-refractivity contribution in [2.24, 2.45) is 0 Å². The van der Waals surface area contributed by atoms with Gasteiger partial charge in [0.2, 0.25) is 0 Å². The maximum Gasteiger partial charge on any atom is 0.265 e. The molecule has 0 spiro atoms. The summed E-state index contributed by atoms with van der Waals surface area (Å²) in [7, 11) is 0. The average Bonchev–Trinajstić information content (AvgIpc) is 3.28. The van der Waals surface area contributed by atoms with Crippen LogP contribution in [-0.2, 0) is 0 Å². The number of carbonyl (C=O) groups excluding carboxylic acids is 2. The molecule has 0 aliphatic carbocycles. The molecule has 1 aromatic carbocycles. The molecule has 9 heteroatoms. The smallest absolute Gasteiger partial charge is 0.265 e. The number of nitrogens with one attached hydrogen (secondary N) is 3.